The van der Waals surface area contributed by atoms with Crippen molar-refractivity contribution in [2.24, 2.45) is 5.73 Å². The Balaban J connectivity index is 1.91. The number of ether oxygens (including phenoxy) is 2. The van der Waals surface area contributed by atoms with E-state index in [4.69, 9.17) is 20.3 Å². The van der Waals surface area contributed by atoms with Gasteiger partial charge in [0, 0.05) is 6.61 Å². The predicted octanol–water partition coefficient (Wildman–Crippen LogP) is 1.24. The number of rotatable bonds is 5. The number of hydrogen-bond acceptors (Lipinski definition) is 4. The third kappa shape index (κ3) is 3.43. The third-order valence-electron chi connectivity index (χ3n) is 2.94. The summed E-state index contributed by atoms with van der Waals surface area (Å²) in [7, 11) is 0. The standard InChI is InChI=1S/C13H19NO3/c14-13(8-15)10-3-1-4-11(7-10)17-9-12-5-2-6-16-12/h1,3-4,7,12-13,15H,2,5-6,8-9,14H2/t12?,13-/m0/s1. The first-order chi connectivity index (χ1) is 8.29. The van der Waals surface area contributed by atoms with E-state index in [1.165, 1.54) is 0 Å². The van der Waals surface area contributed by atoms with E-state index in [-0.39, 0.29) is 18.8 Å². The number of hydrogen-bond donors (Lipinski definition) is 2. The minimum absolute atomic E-state index is 0.0603. The zero-order valence-corrected chi connectivity index (χ0v) is 9.84. The SMILES string of the molecule is N[C@@H](CO)c1cccc(OCC2CCCO2)c1. The summed E-state index contributed by atoms with van der Waals surface area (Å²) in [5, 5.41) is 9.00. The van der Waals surface area contributed by atoms with Gasteiger partial charge in [-0.25, -0.2) is 0 Å². The highest BCUT2D eigenvalue weighted by molar-refractivity contribution is 5.30. The second-order valence-corrected chi connectivity index (χ2v) is 4.31. The minimum Gasteiger partial charge on any atom is -0.491 e. The summed E-state index contributed by atoms with van der Waals surface area (Å²) in [6, 6.07) is 7.19. The van der Waals surface area contributed by atoms with Crippen LogP contribution < -0.4 is 10.5 Å². The Morgan fingerprint density at radius 2 is 2.41 bits per heavy atom. The van der Waals surface area contributed by atoms with E-state index in [9.17, 15) is 0 Å². The zero-order valence-electron chi connectivity index (χ0n) is 9.84. The number of benzene rings is 1. The van der Waals surface area contributed by atoms with Gasteiger partial charge in [-0.3, -0.25) is 0 Å². The Kier molecular flexibility index (Phi) is 4.36. The second kappa shape index (κ2) is 6.00. The van der Waals surface area contributed by atoms with Crippen LogP contribution in [0.15, 0.2) is 24.3 Å². The van der Waals surface area contributed by atoms with Gasteiger partial charge in [0.15, 0.2) is 0 Å². The molecule has 0 radical (unpaired) electrons. The van der Waals surface area contributed by atoms with Crippen molar-refractivity contribution in [3.63, 3.8) is 0 Å². The molecule has 1 aliphatic heterocycles. The van der Waals surface area contributed by atoms with Crippen LogP contribution in [0.4, 0.5) is 0 Å². The van der Waals surface area contributed by atoms with Gasteiger partial charge >= 0.3 is 0 Å². The highest BCUT2D eigenvalue weighted by atomic mass is 16.5. The van der Waals surface area contributed by atoms with E-state index in [2.05, 4.69) is 0 Å². The summed E-state index contributed by atoms with van der Waals surface area (Å²) in [6.07, 6.45) is 2.39. The van der Waals surface area contributed by atoms with Crippen LogP contribution in [-0.4, -0.2) is 31.0 Å². The summed E-state index contributed by atoms with van der Waals surface area (Å²) in [5.74, 6) is 0.780. The van der Waals surface area contributed by atoms with Gasteiger partial charge in [-0.2, -0.15) is 0 Å². The fourth-order valence-electron chi connectivity index (χ4n) is 1.91. The van der Waals surface area contributed by atoms with Gasteiger partial charge in [-0.05, 0) is 30.5 Å². The van der Waals surface area contributed by atoms with Crippen molar-refractivity contribution >= 4 is 0 Å². The van der Waals surface area contributed by atoms with Crippen LogP contribution in [0.5, 0.6) is 5.75 Å². The van der Waals surface area contributed by atoms with Crippen molar-refractivity contribution in [2.45, 2.75) is 25.0 Å². The lowest BCUT2D eigenvalue weighted by atomic mass is 10.1. The molecule has 0 aromatic heterocycles. The molecule has 1 heterocycles. The average Bonchev–Trinajstić information content (AvgIpc) is 2.89. The first kappa shape index (κ1) is 12.4. The lowest BCUT2D eigenvalue weighted by molar-refractivity contribution is 0.0679. The molecular weight excluding hydrogens is 218 g/mol. The number of aliphatic hydroxyl groups excluding tert-OH is 1. The van der Waals surface area contributed by atoms with Gasteiger partial charge in [-0.1, -0.05) is 12.1 Å². The Bertz CT molecular complexity index is 350. The van der Waals surface area contributed by atoms with Crippen molar-refractivity contribution in [1.29, 1.82) is 0 Å². The molecule has 1 fully saturated rings. The largest absolute Gasteiger partial charge is 0.491 e. The molecule has 2 atom stereocenters. The van der Waals surface area contributed by atoms with Crippen LogP contribution in [0.25, 0.3) is 0 Å². The summed E-state index contributed by atoms with van der Waals surface area (Å²) in [5.41, 5.74) is 6.64. The zero-order chi connectivity index (χ0) is 12.1. The van der Waals surface area contributed by atoms with Crippen LogP contribution >= 0.6 is 0 Å². The van der Waals surface area contributed by atoms with Crippen LogP contribution in [0.1, 0.15) is 24.4 Å². The van der Waals surface area contributed by atoms with E-state index in [1.807, 2.05) is 24.3 Å². The molecule has 1 unspecified atom stereocenters. The van der Waals surface area contributed by atoms with Gasteiger partial charge in [0.2, 0.25) is 0 Å². The van der Waals surface area contributed by atoms with E-state index in [1.54, 1.807) is 0 Å². The molecule has 4 heteroatoms. The fourth-order valence-corrected chi connectivity index (χ4v) is 1.91. The van der Waals surface area contributed by atoms with Gasteiger partial charge in [0.05, 0.1) is 18.8 Å². The average molecular weight is 237 g/mol. The maximum absolute atomic E-state index is 9.00. The molecule has 1 saturated heterocycles. The van der Waals surface area contributed by atoms with Gasteiger partial charge in [-0.15, -0.1) is 0 Å². The van der Waals surface area contributed by atoms with Crippen molar-refractivity contribution in [3.05, 3.63) is 29.8 Å². The molecule has 2 rings (SSSR count). The smallest absolute Gasteiger partial charge is 0.119 e. The van der Waals surface area contributed by atoms with E-state index >= 15 is 0 Å². The predicted molar refractivity (Wildman–Crippen MR) is 64.9 cm³/mol. The Morgan fingerprint density at radius 3 is 3.12 bits per heavy atom. The summed E-state index contributed by atoms with van der Waals surface area (Å²) < 4.78 is 11.1. The first-order valence-electron chi connectivity index (χ1n) is 6.00. The third-order valence-corrected chi connectivity index (χ3v) is 2.94. The van der Waals surface area contributed by atoms with Gasteiger partial charge in [0.1, 0.15) is 12.4 Å². The van der Waals surface area contributed by atoms with Crippen LogP contribution in [0.2, 0.25) is 0 Å². The van der Waals surface area contributed by atoms with Crippen molar-refractivity contribution < 1.29 is 14.6 Å². The maximum Gasteiger partial charge on any atom is 0.119 e. The normalized spacial score (nSPS) is 21.4. The Labute approximate surface area is 101 Å². The summed E-state index contributed by atoms with van der Waals surface area (Å²) in [6.45, 7) is 1.36. The van der Waals surface area contributed by atoms with E-state index in [0.717, 1.165) is 30.8 Å². The molecule has 0 saturated carbocycles. The van der Waals surface area contributed by atoms with Crippen molar-refractivity contribution in [2.75, 3.05) is 19.8 Å². The maximum atomic E-state index is 9.00. The van der Waals surface area contributed by atoms with E-state index in [0.29, 0.717) is 6.61 Å². The summed E-state index contributed by atoms with van der Waals surface area (Å²) >= 11 is 0. The highest BCUT2D eigenvalue weighted by Gasteiger charge is 2.16. The number of aliphatic hydroxyl groups is 1. The fraction of sp³-hybridized carbons (Fsp3) is 0.538. The quantitative estimate of drug-likeness (QED) is 0.808. The van der Waals surface area contributed by atoms with Crippen LogP contribution in [0.3, 0.4) is 0 Å². The molecule has 0 spiro atoms. The molecule has 17 heavy (non-hydrogen) atoms. The second-order valence-electron chi connectivity index (χ2n) is 4.31. The minimum atomic E-state index is -0.346. The molecule has 0 bridgehead atoms. The molecule has 1 aromatic rings. The molecule has 4 nitrogen and oxygen atoms in total. The van der Waals surface area contributed by atoms with Crippen molar-refractivity contribution in [1.82, 2.24) is 0 Å². The lowest BCUT2D eigenvalue weighted by Crippen LogP contribution is -2.17. The Morgan fingerprint density at radius 1 is 1.53 bits per heavy atom. The lowest BCUT2D eigenvalue weighted by Gasteiger charge is -2.13. The highest BCUT2D eigenvalue weighted by Crippen LogP contribution is 2.19. The molecule has 94 valence electrons. The molecule has 0 amide bonds. The molecular formula is C13H19NO3. The van der Waals surface area contributed by atoms with Crippen LogP contribution in [0, 0.1) is 0 Å². The topological polar surface area (TPSA) is 64.7 Å². The van der Waals surface area contributed by atoms with Gasteiger partial charge < -0.3 is 20.3 Å². The first-order valence-corrected chi connectivity index (χ1v) is 6.00. The molecule has 1 aliphatic rings. The molecule has 1 aromatic carbocycles. The van der Waals surface area contributed by atoms with Gasteiger partial charge in [0.25, 0.3) is 0 Å². The molecule has 0 aliphatic carbocycles. The number of nitrogens with two attached hydrogens (primary N) is 1. The van der Waals surface area contributed by atoms with E-state index < -0.39 is 0 Å². The Hall–Kier alpha value is -1.10. The van der Waals surface area contributed by atoms with Crippen LogP contribution in [-0.2, 0) is 4.74 Å². The monoisotopic (exact) mass is 237 g/mol. The van der Waals surface area contributed by atoms with Crippen molar-refractivity contribution in [3.8, 4) is 5.75 Å². The summed E-state index contributed by atoms with van der Waals surface area (Å²) in [4.78, 5) is 0. The molecule has 3 N–H and O–H groups in total.